The van der Waals surface area contributed by atoms with E-state index in [1.807, 2.05) is 47.4 Å². The zero-order chi connectivity index (χ0) is 24.9. The van der Waals surface area contributed by atoms with Gasteiger partial charge in [-0.2, -0.15) is 0 Å². The average molecular weight is 496 g/mol. The van der Waals surface area contributed by atoms with Crippen LogP contribution in [0.4, 0.5) is 4.79 Å². The smallest absolute Gasteiger partial charge is 0.410 e. The van der Waals surface area contributed by atoms with Gasteiger partial charge in [0.1, 0.15) is 12.4 Å². The normalized spacial score (nSPS) is 23.6. The second-order valence-electron chi connectivity index (χ2n) is 10.5. The molecular formula is C31H29NO5. The van der Waals surface area contributed by atoms with Crippen LogP contribution in [0.2, 0.25) is 0 Å². The van der Waals surface area contributed by atoms with Gasteiger partial charge in [0.15, 0.2) is 5.78 Å². The summed E-state index contributed by atoms with van der Waals surface area (Å²) < 4.78 is 17.4. The maximum absolute atomic E-state index is 13.4. The summed E-state index contributed by atoms with van der Waals surface area (Å²) in [6.07, 6.45) is 1.72. The van der Waals surface area contributed by atoms with E-state index in [4.69, 9.17) is 14.2 Å². The van der Waals surface area contributed by atoms with E-state index < -0.39 is 0 Å². The SMILES string of the molecule is O=C(c1ccc2c(c1)CCO2)C1CC2COCC(C1)N2C(=O)OCC1c2ccccc2-c2ccccc21. The number of Topliss-reactive ketones (excluding diaryl/α,β-unsaturated/α-hetero) is 1. The molecule has 0 spiro atoms. The van der Waals surface area contributed by atoms with Crippen molar-refractivity contribution >= 4 is 11.9 Å². The fourth-order valence-electron chi connectivity index (χ4n) is 6.67. The highest BCUT2D eigenvalue weighted by atomic mass is 16.6. The number of piperidine rings is 1. The molecule has 0 aromatic heterocycles. The van der Waals surface area contributed by atoms with Crippen LogP contribution < -0.4 is 4.74 Å². The largest absolute Gasteiger partial charge is 0.493 e. The Hall–Kier alpha value is -3.64. The van der Waals surface area contributed by atoms with Crippen LogP contribution in [0.1, 0.15) is 45.8 Å². The number of benzene rings is 3. The number of hydrogen-bond donors (Lipinski definition) is 0. The summed E-state index contributed by atoms with van der Waals surface area (Å²) in [6, 6.07) is 22.1. The van der Waals surface area contributed by atoms with Crippen LogP contribution in [0.3, 0.4) is 0 Å². The van der Waals surface area contributed by atoms with Gasteiger partial charge < -0.3 is 14.2 Å². The van der Waals surface area contributed by atoms with Gasteiger partial charge in [-0.05, 0) is 58.9 Å². The van der Waals surface area contributed by atoms with E-state index in [0.29, 0.717) is 39.3 Å². The lowest BCUT2D eigenvalue weighted by Gasteiger charge is -2.47. The third kappa shape index (κ3) is 3.82. The molecule has 2 fully saturated rings. The predicted octanol–water partition coefficient (Wildman–Crippen LogP) is 5.23. The van der Waals surface area contributed by atoms with Gasteiger partial charge in [-0.25, -0.2) is 4.79 Å². The van der Waals surface area contributed by atoms with E-state index in [2.05, 4.69) is 24.3 Å². The van der Waals surface area contributed by atoms with Crippen LogP contribution in [-0.2, 0) is 15.9 Å². The zero-order valence-electron chi connectivity index (χ0n) is 20.6. The highest BCUT2D eigenvalue weighted by Gasteiger charge is 2.45. The molecule has 6 heteroatoms. The minimum absolute atomic E-state index is 0.0235. The molecule has 3 aromatic carbocycles. The molecule has 0 N–H and O–H groups in total. The predicted molar refractivity (Wildman–Crippen MR) is 138 cm³/mol. The van der Waals surface area contributed by atoms with Crippen molar-refractivity contribution in [3.63, 3.8) is 0 Å². The Balaban J connectivity index is 1.06. The van der Waals surface area contributed by atoms with E-state index in [1.54, 1.807) is 0 Å². The summed E-state index contributed by atoms with van der Waals surface area (Å²) in [5.74, 6) is 0.929. The number of amides is 1. The van der Waals surface area contributed by atoms with Gasteiger partial charge in [0.25, 0.3) is 0 Å². The lowest BCUT2D eigenvalue weighted by molar-refractivity contribution is -0.0747. The first kappa shape index (κ1) is 22.5. The van der Waals surface area contributed by atoms with Crippen molar-refractivity contribution in [1.29, 1.82) is 0 Å². The van der Waals surface area contributed by atoms with E-state index in [1.165, 1.54) is 22.3 Å². The van der Waals surface area contributed by atoms with Crippen molar-refractivity contribution in [3.8, 4) is 16.9 Å². The third-order valence-electron chi connectivity index (χ3n) is 8.41. The van der Waals surface area contributed by atoms with E-state index in [9.17, 15) is 9.59 Å². The zero-order valence-corrected chi connectivity index (χ0v) is 20.6. The highest BCUT2D eigenvalue weighted by Crippen LogP contribution is 2.45. The molecular weight excluding hydrogens is 466 g/mol. The number of fused-ring (bicyclic) bond motifs is 6. The molecule has 7 rings (SSSR count). The number of hydrogen-bond acceptors (Lipinski definition) is 5. The molecule has 4 aliphatic rings. The van der Waals surface area contributed by atoms with Gasteiger partial charge in [0.2, 0.25) is 0 Å². The van der Waals surface area contributed by atoms with Crippen LogP contribution >= 0.6 is 0 Å². The molecule has 188 valence electrons. The van der Waals surface area contributed by atoms with Crippen LogP contribution in [0, 0.1) is 5.92 Å². The summed E-state index contributed by atoms with van der Waals surface area (Å²) in [4.78, 5) is 28.7. The fourth-order valence-corrected chi connectivity index (χ4v) is 6.67. The lowest BCUT2D eigenvalue weighted by Crippen LogP contribution is -2.60. The first-order valence-electron chi connectivity index (χ1n) is 13.2. The Labute approximate surface area is 216 Å². The van der Waals surface area contributed by atoms with Gasteiger partial charge >= 0.3 is 6.09 Å². The minimum atomic E-state index is -0.305. The Morgan fingerprint density at radius 3 is 2.27 bits per heavy atom. The molecule has 6 nitrogen and oxygen atoms in total. The molecule has 0 saturated carbocycles. The van der Waals surface area contributed by atoms with Crippen molar-refractivity contribution < 1.29 is 23.8 Å². The van der Waals surface area contributed by atoms with Gasteiger partial charge in [0.05, 0.1) is 31.9 Å². The molecule has 2 unspecified atom stereocenters. The van der Waals surface area contributed by atoms with Gasteiger partial charge in [-0.1, -0.05) is 48.5 Å². The Morgan fingerprint density at radius 2 is 1.57 bits per heavy atom. The van der Waals surface area contributed by atoms with Crippen LogP contribution in [0.5, 0.6) is 5.75 Å². The third-order valence-corrected chi connectivity index (χ3v) is 8.41. The van der Waals surface area contributed by atoms with E-state index in [0.717, 1.165) is 23.3 Å². The molecule has 3 aromatic rings. The fraction of sp³-hybridized carbons (Fsp3) is 0.355. The molecule has 2 bridgehead atoms. The van der Waals surface area contributed by atoms with Crippen LogP contribution in [0.25, 0.3) is 11.1 Å². The van der Waals surface area contributed by atoms with Crippen molar-refractivity contribution in [1.82, 2.24) is 4.90 Å². The number of ether oxygens (including phenoxy) is 3. The molecule has 1 aliphatic carbocycles. The number of carbonyl (C=O) groups is 2. The Bertz CT molecular complexity index is 1320. The standard InChI is InChI=1S/C31H29NO5/c33-30(20-9-10-29-19(13-20)11-12-36-29)21-14-22-16-35-17-23(15-21)32(22)31(34)37-18-28-26-7-3-1-5-24(26)25-6-2-4-8-27(25)28/h1-10,13,21-23,28H,11-12,14-18H2. The van der Waals surface area contributed by atoms with Gasteiger partial charge in [-0.3, -0.25) is 9.69 Å². The maximum atomic E-state index is 13.4. The minimum Gasteiger partial charge on any atom is -0.493 e. The summed E-state index contributed by atoms with van der Waals surface area (Å²) in [5, 5.41) is 0. The molecule has 3 aliphatic heterocycles. The Kier molecular flexibility index (Phi) is 5.50. The van der Waals surface area contributed by atoms with Gasteiger partial charge in [0, 0.05) is 23.8 Å². The van der Waals surface area contributed by atoms with Crippen molar-refractivity contribution in [2.45, 2.75) is 37.3 Å². The number of ketones is 1. The van der Waals surface area contributed by atoms with Crippen LogP contribution in [-0.4, -0.2) is 55.3 Å². The maximum Gasteiger partial charge on any atom is 0.410 e. The number of morpholine rings is 1. The molecule has 2 saturated heterocycles. The molecule has 1 amide bonds. The lowest BCUT2D eigenvalue weighted by atomic mass is 9.80. The molecule has 0 radical (unpaired) electrons. The average Bonchev–Trinajstić information content (AvgIpc) is 3.53. The molecule has 3 heterocycles. The first-order chi connectivity index (χ1) is 18.2. The van der Waals surface area contributed by atoms with Crippen molar-refractivity contribution in [3.05, 3.63) is 89.0 Å². The Morgan fingerprint density at radius 1 is 0.892 bits per heavy atom. The van der Waals surface area contributed by atoms with Gasteiger partial charge in [-0.15, -0.1) is 0 Å². The highest BCUT2D eigenvalue weighted by molar-refractivity contribution is 5.98. The summed E-state index contributed by atoms with van der Waals surface area (Å²) in [7, 11) is 0. The summed E-state index contributed by atoms with van der Waals surface area (Å²) in [5.41, 5.74) is 6.66. The van der Waals surface area contributed by atoms with E-state index in [-0.39, 0.29) is 35.8 Å². The van der Waals surface area contributed by atoms with Crippen molar-refractivity contribution in [2.75, 3.05) is 26.4 Å². The monoisotopic (exact) mass is 495 g/mol. The molecule has 37 heavy (non-hydrogen) atoms. The number of carbonyl (C=O) groups excluding carboxylic acids is 2. The first-order valence-corrected chi connectivity index (χ1v) is 13.2. The van der Waals surface area contributed by atoms with E-state index >= 15 is 0 Å². The number of nitrogens with zero attached hydrogens (tertiary/aromatic N) is 1. The second-order valence-corrected chi connectivity index (χ2v) is 10.5. The summed E-state index contributed by atoms with van der Waals surface area (Å²) >= 11 is 0. The quantitative estimate of drug-likeness (QED) is 0.464. The second kappa shape index (κ2) is 9.03. The van der Waals surface area contributed by atoms with Crippen LogP contribution in [0.15, 0.2) is 66.7 Å². The topological polar surface area (TPSA) is 65.1 Å². The van der Waals surface area contributed by atoms with Crippen molar-refractivity contribution in [2.24, 2.45) is 5.92 Å². The molecule has 2 atom stereocenters. The summed E-state index contributed by atoms with van der Waals surface area (Å²) in [6.45, 7) is 1.83. The number of rotatable bonds is 4.